The summed E-state index contributed by atoms with van der Waals surface area (Å²) >= 11 is 0. The van der Waals surface area contributed by atoms with E-state index in [1.54, 1.807) is 0 Å². The first-order valence-electron chi connectivity index (χ1n) is 8.71. The number of benzene rings is 1. The zero-order chi connectivity index (χ0) is 16.2. The Hall–Kier alpha value is -1.84. The van der Waals surface area contributed by atoms with Gasteiger partial charge >= 0.3 is 5.97 Å². The highest BCUT2D eigenvalue weighted by molar-refractivity contribution is 5.81. The number of carbonyl (C=O) groups excluding carboxylic acids is 1. The van der Waals surface area contributed by atoms with Crippen molar-refractivity contribution in [3.63, 3.8) is 0 Å². The van der Waals surface area contributed by atoms with Gasteiger partial charge in [-0.1, -0.05) is 30.3 Å². The molecule has 124 valence electrons. The molecular weight excluding hydrogens is 290 g/mol. The predicted octanol–water partition coefficient (Wildman–Crippen LogP) is 3.33. The molecule has 3 rings (SSSR count). The van der Waals surface area contributed by atoms with Crippen molar-refractivity contribution >= 4 is 11.9 Å². The molecule has 0 bridgehead atoms. The Labute approximate surface area is 137 Å². The summed E-state index contributed by atoms with van der Waals surface area (Å²) in [6.45, 7) is 0. The summed E-state index contributed by atoms with van der Waals surface area (Å²) in [5.41, 5.74) is 1.40. The average molecular weight is 315 g/mol. The van der Waals surface area contributed by atoms with Crippen LogP contribution in [0, 0.1) is 11.8 Å². The average Bonchev–Trinajstić information content (AvgIpc) is 3.07. The molecule has 2 fully saturated rings. The Morgan fingerprint density at radius 1 is 0.913 bits per heavy atom. The van der Waals surface area contributed by atoms with E-state index in [4.69, 9.17) is 5.11 Å². The number of carboxylic acids is 1. The van der Waals surface area contributed by atoms with Gasteiger partial charge in [-0.3, -0.25) is 9.59 Å². The normalized spacial score (nSPS) is 30.8. The van der Waals surface area contributed by atoms with Crippen molar-refractivity contribution in [3.05, 3.63) is 35.9 Å². The third kappa shape index (κ3) is 3.92. The Bertz CT molecular complexity index is 549. The first kappa shape index (κ1) is 16.0. The van der Waals surface area contributed by atoms with E-state index in [2.05, 4.69) is 29.6 Å². The monoisotopic (exact) mass is 315 g/mol. The number of rotatable bonds is 4. The van der Waals surface area contributed by atoms with Crippen molar-refractivity contribution in [2.24, 2.45) is 11.8 Å². The van der Waals surface area contributed by atoms with Gasteiger partial charge in [-0.2, -0.15) is 0 Å². The second-order valence-corrected chi connectivity index (χ2v) is 7.01. The maximum absolute atomic E-state index is 12.3. The van der Waals surface area contributed by atoms with E-state index in [9.17, 15) is 9.59 Å². The van der Waals surface area contributed by atoms with E-state index >= 15 is 0 Å². The van der Waals surface area contributed by atoms with E-state index in [1.807, 2.05) is 6.07 Å². The topological polar surface area (TPSA) is 66.4 Å². The molecule has 0 aliphatic heterocycles. The summed E-state index contributed by atoms with van der Waals surface area (Å²) < 4.78 is 0. The molecule has 23 heavy (non-hydrogen) atoms. The van der Waals surface area contributed by atoms with Gasteiger partial charge in [-0.05, 0) is 56.4 Å². The lowest BCUT2D eigenvalue weighted by molar-refractivity contribution is -0.141. The molecule has 1 amide bonds. The molecule has 0 spiro atoms. The van der Waals surface area contributed by atoms with E-state index in [-0.39, 0.29) is 23.8 Å². The Balaban J connectivity index is 1.46. The Kier molecular flexibility index (Phi) is 4.99. The van der Waals surface area contributed by atoms with E-state index in [0.29, 0.717) is 25.2 Å². The van der Waals surface area contributed by atoms with Crippen LogP contribution in [0.1, 0.15) is 56.4 Å². The molecule has 0 aromatic heterocycles. The maximum atomic E-state index is 12.3. The van der Waals surface area contributed by atoms with Crippen LogP contribution in [0.5, 0.6) is 0 Å². The number of hydrogen-bond donors (Lipinski definition) is 2. The summed E-state index contributed by atoms with van der Waals surface area (Å²) in [6.07, 6.45) is 6.09. The van der Waals surface area contributed by atoms with Crippen LogP contribution in [0.25, 0.3) is 0 Å². The number of carbonyl (C=O) groups is 2. The fourth-order valence-corrected chi connectivity index (χ4v) is 4.06. The van der Waals surface area contributed by atoms with Crippen LogP contribution in [0.2, 0.25) is 0 Å². The standard InChI is InChI=1S/C19H25NO3/c21-18(15-6-7-16(12-15)19(22)23)20-17-10-8-14(9-11-17)13-4-2-1-3-5-13/h1-5,14-17H,6-12H2,(H,20,21)(H,22,23)/t14?,15-,16+,17?/m0/s1. The lowest BCUT2D eigenvalue weighted by Gasteiger charge is -2.30. The first-order chi connectivity index (χ1) is 11.1. The van der Waals surface area contributed by atoms with Gasteiger partial charge < -0.3 is 10.4 Å². The molecule has 0 unspecified atom stereocenters. The number of carboxylic acid groups (broad SMARTS) is 1. The smallest absolute Gasteiger partial charge is 0.306 e. The number of nitrogens with one attached hydrogen (secondary N) is 1. The Morgan fingerprint density at radius 2 is 1.57 bits per heavy atom. The molecule has 2 aliphatic carbocycles. The van der Waals surface area contributed by atoms with Gasteiger partial charge in [0.2, 0.25) is 5.91 Å². The fourth-order valence-electron chi connectivity index (χ4n) is 4.06. The predicted molar refractivity (Wildman–Crippen MR) is 88.0 cm³/mol. The lowest BCUT2D eigenvalue weighted by atomic mass is 9.81. The number of aliphatic carboxylic acids is 1. The molecule has 2 aliphatic rings. The van der Waals surface area contributed by atoms with Gasteiger partial charge in [0, 0.05) is 12.0 Å². The summed E-state index contributed by atoms with van der Waals surface area (Å²) in [4.78, 5) is 23.3. The highest BCUT2D eigenvalue weighted by Crippen LogP contribution is 2.34. The molecular formula is C19H25NO3. The van der Waals surface area contributed by atoms with Crippen LogP contribution in [-0.4, -0.2) is 23.0 Å². The zero-order valence-electron chi connectivity index (χ0n) is 13.4. The third-order valence-corrected chi connectivity index (χ3v) is 5.50. The second kappa shape index (κ2) is 7.16. The Morgan fingerprint density at radius 3 is 2.17 bits per heavy atom. The summed E-state index contributed by atoms with van der Waals surface area (Å²) in [5, 5.41) is 12.2. The zero-order valence-corrected chi connectivity index (χ0v) is 13.4. The minimum absolute atomic E-state index is 0.0666. The van der Waals surface area contributed by atoms with Crippen molar-refractivity contribution in [2.75, 3.05) is 0 Å². The number of hydrogen-bond acceptors (Lipinski definition) is 2. The third-order valence-electron chi connectivity index (χ3n) is 5.50. The quantitative estimate of drug-likeness (QED) is 0.895. The van der Waals surface area contributed by atoms with Crippen molar-refractivity contribution in [2.45, 2.75) is 56.9 Å². The fraction of sp³-hybridized carbons (Fsp3) is 0.579. The largest absolute Gasteiger partial charge is 0.481 e. The lowest BCUT2D eigenvalue weighted by Crippen LogP contribution is -2.40. The van der Waals surface area contributed by atoms with Crippen LogP contribution in [-0.2, 0) is 9.59 Å². The van der Waals surface area contributed by atoms with Crippen LogP contribution >= 0.6 is 0 Å². The highest BCUT2D eigenvalue weighted by atomic mass is 16.4. The van der Waals surface area contributed by atoms with Gasteiger partial charge in [0.25, 0.3) is 0 Å². The van der Waals surface area contributed by atoms with Crippen molar-refractivity contribution < 1.29 is 14.7 Å². The molecule has 2 N–H and O–H groups in total. The molecule has 4 nitrogen and oxygen atoms in total. The molecule has 0 radical (unpaired) electrons. The minimum atomic E-state index is -0.760. The summed E-state index contributed by atoms with van der Waals surface area (Å²) in [6, 6.07) is 10.8. The molecule has 0 saturated heterocycles. The molecule has 2 atom stereocenters. The van der Waals surface area contributed by atoms with Crippen molar-refractivity contribution in [3.8, 4) is 0 Å². The van der Waals surface area contributed by atoms with Gasteiger partial charge in [0.1, 0.15) is 0 Å². The summed E-state index contributed by atoms with van der Waals surface area (Å²) in [5.74, 6) is -0.532. The van der Waals surface area contributed by atoms with Crippen LogP contribution in [0.15, 0.2) is 30.3 Å². The maximum Gasteiger partial charge on any atom is 0.306 e. The van der Waals surface area contributed by atoms with Crippen molar-refractivity contribution in [1.29, 1.82) is 0 Å². The molecule has 0 heterocycles. The van der Waals surface area contributed by atoms with Gasteiger partial charge in [-0.15, -0.1) is 0 Å². The van der Waals surface area contributed by atoms with Crippen LogP contribution in [0.3, 0.4) is 0 Å². The van der Waals surface area contributed by atoms with Crippen LogP contribution < -0.4 is 5.32 Å². The van der Waals surface area contributed by atoms with Gasteiger partial charge in [0.15, 0.2) is 0 Å². The minimum Gasteiger partial charge on any atom is -0.481 e. The van der Waals surface area contributed by atoms with Crippen molar-refractivity contribution in [1.82, 2.24) is 5.32 Å². The van der Waals surface area contributed by atoms with E-state index in [0.717, 1.165) is 25.7 Å². The SMILES string of the molecule is O=C(O)[C@@H]1CC[C@H](C(=O)NC2CCC(c3ccccc3)CC2)C1. The van der Waals surface area contributed by atoms with Gasteiger partial charge in [-0.25, -0.2) is 0 Å². The highest BCUT2D eigenvalue weighted by Gasteiger charge is 2.35. The first-order valence-corrected chi connectivity index (χ1v) is 8.71. The van der Waals surface area contributed by atoms with E-state index in [1.165, 1.54) is 5.56 Å². The van der Waals surface area contributed by atoms with Crippen LogP contribution in [0.4, 0.5) is 0 Å². The molecule has 4 heteroatoms. The van der Waals surface area contributed by atoms with E-state index < -0.39 is 5.97 Å². The molecule has 1 aromatic rings. The second-order valence-electron chi connectivity index (χ2n) is 7.01. The molecule has 1 aromatic carbocycles. The molecule has 2 saturated carbocycles. The van der Waals surface area contributed by atoms with Gasteiger partial charge in [0.05, 0.1) is 5.92 Å². The number of amides is 1. The summed E-state index contributed by atoms with van der Waals surface area (Å²) in [7, 11) is 0.